The molecule has 2 N–H and O–H groups in total. The molecule has 7 heteroatoms. The highest BCUT2D eigenvalue weighted by molar-refractivity contribution is 6.29. The number of fused-ring (bicyclic) bond motifs is 1. The molecular formula is C22H23N3O4. The van der Waals surface area contributed by atoms with Crippen LogP contribution in [0.25, 0.3) is 10.8 Å². The molecule has 150 valence electrons. The average Bonchev–Trinajstić information content (AvgIpc) is 2.88. The van der Waals surface area contributed by atoms with Crippen molar-refractivity contribution in [3.8, 4) is 0 Å². The Labute approximate surface area is 168 Å². The monoisotopic (exact) mass is 393 g/mol. The van der Waals surface area contributed by atoms with E-state index in [9.17, 15) is 14.4 Å². The van der Waals surface area contributed by atoms with Crippen LogP contribution in [-0.4, -0.2) is 47.9 Å². The van der Waals surface area contributed by atoms with Gasteiger partial charge in [0.05, 0.1) is 6.61 Å². The highest BCUT2D eigenvalue weighted by Crippen LogP contribution is 2.42. The fourth-order valence-electron chi connectivity index (χ4n) is 4.83. The molecular weight excluding hydrogens is 370 g/mol. The van der Waals surface area contributed by atoms with Gasteiger partial charge < -0.3 is 15.4 Å². The number of esters is 1. The van der Waals surface area contributed by atoms with Crippen molar-refractivity contribution in [3.63, 3.8) is 0 Å². The first-order valence-electron chi connectivity index (χ1n) is 10.2. The van der Waals surface area contributed by atoms with Gasteiger partial charge in [0, 0.05) is 45.4 Å². The number of anilines is 2. The maximum Gasteiger partial charge on any atom is 0.326 e. The van der Waals surface area contributed by atoms with Crippen LogP contribution in [0.1, 0.15) is 53.3 Å². The van der Waals surface area contributed by atoms with Crippen molar-refractivity contribution in [2.24, 2.45) is 0 Å². The number of hydrogen-bond donors (Lipinski definition) is 2. The molecule has 3 aliphatic rings. The summed E-state index contributed by atoms with van der Waals surface area (Å²) in [5.74, 6) is -1.51. The maximum absolute atomic E-state index is 13.1. The van der Waals surface area contributed by atoms with Gasteiger partial charge in [-0.3, -0.25) is 19.3 Å². The Bertz CT molecular complexity index is 979. The maximum atomic E-state index is 13.1. The van der Waals surface area contributed by atoms with Gasteiger partial charge in [-0.05, 0) is 44.0 Å². The number of carbonyl (C=O) groups excluding carboxylic acids is 3. The van der Waals surface area contributed by atoms with Gasteiger partial charge in [-0.25, -0.2) is 0 Å². The minimum atomic E-state index is -0.590. The molecule has 1 saturated carbocycles. The Morgan fingerprint density at radius 1 is 0.966 bits per heavy atom. The summed E-state index contributed by atoms with van der Waals surface area (Å²) in [7, 11) is 0. The second kappa shape index (κ2) is 6.76. The predicted octanol–water partition coefficient (Wildman–Crippen LogP) is 3.15. The normalized spacial score (nSPS) is 22.4. The van der Waals surface area contributed by atoms with Crippen LogP contribution in [0.4, 0.5) is 11.4 Å². The summed E-state index contributed by atoms with van der Waals surface area (Å²) in [6.07, 6.45) is 4.57. The molecule has 0 spiro atoms. The highest BCUT2D eigenvalue weighted by Gasteiger charge is 2.37. The molecule has 5 rings (SSSR count). The van der Waals surface area contributed by atoms with Gasteiger partial charge in [0.25, 0.3) is 11.8 Å². The van der Waals surface area contributed by atoms with Crippen LogP contribution in [0.2, 0.25) is 0 Å². The van der Waals surface area contributed by atoms with E-state index in [1.165, 1.54) is 12.8 Å². The number of carbonyl (C=O) groups is 3. The molecule has 0 radical (unpaired) electrons. The van der Waals surface area contributed by atoms with Crippen molar-refractivity contribution >= 4 is 39.9 Å². The zero-order valence-corrected chi connectivity index (χ0v) is 16.3. The van der Waals surface area contributed by atoms with E-state index in [0.717, 1.165) is 34.5 Å². The fraction of sp³-hybridized carbons (Fsp3) is 0.409. The summed E-state index contributed by atoms with van der Waals surface area (Å²) in [6, 6.07) is 7.99. The number of imide groups is 1. The third-order valence-corrected chi connectivity index (χ3v) is 6.15. The number of nitrogens with zero attached hydrogens (tertiary/aromatic N) is 1. The lowest BCUT2D eigenvalue weighted by atomic mass is 9.90. The lowest BCUT2D eigenvalue weighted by Gasteiger charge is -2.32. The van der Waals surface area contributed by atoms with Gasteiger partial charge >= 0.3 is 5.97 Å². The van der Waals surface area contributed by atoms with E-state index in [-0.39, 0.29) is 13.2 Å². The minimum absolute atomic E-state index is 0.202. The quantitative estimate of drug-likeness (QED) is 0.615. The second-order valence-corrected chi connectivity index (χ2v) is 7.86. The van der Waals surface area contributed by atoms with Gasteiger partial charge in [-0.15, -0.1) is 0 Å². The van der Waals surface area contributed by atoms with E-state index in [1.807, 2.05) is 12.1 Å². The molecule has 2 aliphatic heterocycles. The fourth-order valence-corrected chi connectivity index (χ4v) is 4.83. The average molecular weight is 393 g/mol. The molecule has 29 heavy (non-hydrogen) atoms. The summed E-state index contributed by atoms with van der Waals surface area (Å²) in [5, 5.41) is 8.83. The smallest absolute Gasteiger partial charge is 0.326 e. The second-order valence-electron chi connectivity index (χ2n) is 7.86. The van der Waals surface area contributed by atoms with Crippen LogP contribution in [0.5, 0.6) is 0 Å². The topological polar surface area (TPSA) is 87.7 Å². The predicted molar refractivity (Wildman–Crippen MR) is 109 cm³/mol. The van der Waals surface area contributed by atoms with Crippen molar-refractivity contribution in [1.29, 1.82) is 0 Å². The minimum Gasteiger partial charge on any atom is -0.465 e. The van der Waals surface area contributed by atoms with Crippen molar-refractivity contribution in [2.45, 2.75) is 44.7 Å². The van der Waals surface area contributed by atoms with Crippen LogP contribution >= 0.6 is 0 Å². The summed E-state index contributed by atoms with van der Waals surface area (Å²) >= 11 is 0. The first-order chi connectivity index (χ1) is 14.1. The van der Waals surface area contributed by atoms with Crippen LogP contribution in [0.3, 0.4) is 0 Å². The number of rotatable bonds is 3. The third-order valence-electron chi connectivity index (χ3n) is 6.15. The molecule has 1 fully saturated rings. The van der Waals surface area contributed by atoms with Crippen LogP contribution in [0, 0.1) is 0 Å². The van der Waals surface area contributed by atoms with E-state index < -0.39 is 17.8 Å². The molecule has 2 aromatic rings. The zero-order valence-electron chi connectivity index (χ0n) is 16.3. The Balaban J connectivity index is 1.63. The summed E-state index contributed by atoms with van der Waals surface area (Å²) in [5.41, 5.74) is 2.78. The molecule has 7 nitrogen and oxygen atoms in total. The van der Waals surface area contributed by atoms with Crippen molar-refractivity contribution in [1.82, 2.24) is 4.90 Å². The largest absolute Gasteiger partial charge is 0.465 e. The molecule has 2 heterocycles. The number of nitrogens with one attached hydrogen (secondary N) is 2. The summed E-state index contributed by atoms with van der Waals surface area (Å²) < 4.78 is 4.93. The lowest BCUT2D eigenvalue weighted by Crippen LogP contribution is -2.43. The van der Waals surface area contributed by atoms with Gasteiger partial charge in [0.1, 0.15) is 6.54 Å². The lowest BCUT2D eigenvalue weighted by molar-refractivity contribution is -0.143. The standard InChI is InChI=1S/C22H23N3O4/c1-2-29-18(26)11-25-21(27)12-7-9-16-20-17(10-8-13(19(12)20)22(25)28)24-15-6-4-3-5-14(15)23-16/h7-10,14-15,23-24H,2-6,11H2,1H3. The van der Waals surface area contributed by atoms with Crippen molar-refractivity contribution in [3.05, 3.63) is 35.4 Å². The van der Waals surface area contributed by atoms with Crippen LogP contribution in [-0.2, 0) is 9.53 Å². The summed E-state index contributed by atoms with van der Waals surface area (Å²) in [4.78, 5) is 39.1. The van der Waals surface area contributed by atoms with E-state index in [2.05, 4.69) is 10.6 Å². The molecule has 0 bridgehead atoms. The van der Waals surface area contributed by atoms with Crippen LogP contribution < -0.4 is 10.6 Å². The molecule has 0 saturated heterocycles. The molecule has 0 aromatic heterocycles. The van der Waals surface area contributed by atoms with E-state index in [0.29, 0.717) is 28.6 Å². The van der Waals surface area contributed by atoms with Gasteiger partial charge in [-0.1, -0.05) is 12.8 Å². The number of amides is 2. The van der Waals surface area contributed by atoms with Gasteiger partial charge in [-0.2, -0.15) is 0 Å². The molecule has 2 aromatic carbocycles. The molecule has 1 aliphatic carbocycles. The SMILES string of the molecule is CCOC(=O)CN1C(=O)c2ccc3c4c(ccc(c24)C1=O)NC1CCCCC1N3. The van der Waals surface area contributed by atoms with Crippen molar-refractivity contribution < 1.29 is 19.1 Å². The highest BCUT2D eigenvalue weighted by atomic mass is 16.5. The number of benzene rings is 2. The van der Waals surface area contributed by atoms with Gasteiger partial charge in [0.15, 0.2) is 0 Å². The third kappa shape index (κ3) is 2.75. The van der Waals surface area contributed by atoms with Gasteiger partial charge in [0.2, 0.25) is 0 Å². The Morgan fingerprint density at radius 2 is 1.52 bits per heavy atom. The zero-order chi connectivity index (χ0) is 20.1. The summed E-state index contributed by atoms with van der Waals surface area (Å²) in [6.45, 7) is 1.51. The Hall–Kier alpha value is -3.09. The number of ether oxygens (including phenoxy) is 1. The van der Waals surface area contributed by atoms with Crippen LogP contribution in [0.15, 0.2) is 24.3 Å². The number of hydrogen-bond acceptors (Lipinski definition) is 6. The van der Waals surface area contributed by atoms with E-state index >= 15 is 0 Å². The Morgan fingerprint density at radius 3 is 2.03 bits per heavy atom. The first kappa shape index (κ1) is 18.0. The molecule has 2 atom stereocenters. The first-order valence-corrected chi connectivity index (χ1v) is 10.2. The van der Waals surface area contributed by atoms with E-state index in [4.69, 9.17) is 4.74 Å². The Kier molecular flexibility index (Phi) is 4.19. The van der Waals surface area contributed by atoms with E-state index in [1.54, 1.807) is 19.1 Å². The molecule has 2 amide bonds. The molecule has 2 unspecified atom stereocenters. The van der Waals surface area contributed by atoms with Crippen molar-refractivity contribution in [2.75, 3.05) is 23.8 Å².